The fraction of sp³-hybridized carbons (Fsp3) is 0.762. The number of ether oxygens (including phenoxy) is 2. The van der Waals surface area contributed by atoms with E-state index < -0.39 is 42.3 Å². The second-order valence-corrected chi connectivity index (χ2v) is 16.6. The fourth-order valence-corrected chi connectivity index (χ4v) is 8.08. The van der Waals surface area contributed by atoms with E-state index in [9.17, 15) is 19.2 Å². The number of carbonyl (C=O) groups excluding carboxylic acids is 4. The van der Waals surface area contributed by atoms with Gasteiger partial charge in [-0.3, -0.25) is 24.1 Å². The normalized spacial score (nSPS) is 18.8. The Balaban J connectivity index is 2.29. The zero-order chi connectivity index (χ0) is 42.3. The highest BCUT2D eigenvalue weighted by atomic mass is 16.5. The van der Waals surface area contributed by atoms with Crippen molar-refractivity contribution in [2.45, 2.75) is 143 Å². The summed E-state index contributed by atoms with van der Waals surface area (Å²) in [6.07, 6.45) is 1.45. The molecule has 9 atom stereocenters. The van der Waals surface area contributed by atoms with Crippen LogP contribution in [0.2, 0.25) is 0 Å². The molecule has 1 heterocycles. The van der Waals surface area contributed by atoms with Crippen molar-refractivity contribution in [3.63, 3.8) is 0 Å². The number of likely N-dealkylation sites (N-methyl/N-ethyl adjacent to an activating group) is 2. The van der Waals surface area contributed by atoms with Crippen molar-refractivity contribution in [2.24, 2.45) is 28.8 Å². The van der Waals surface area contributed by atoms with Crippen molar-refractivity contribution in [2.75, 3.05) is 41.4 Å². The van der Waals surface area contributed by atoms with E-state index in [-0.39, 0.29) is 66.4 Å². The molecule has 4 amide bonds. The maximum absolute atomic E-state index is 14.4. The molecule has 316 valence electrons. The fourth-order valence-electron chi connectivity index (χ4n) is 8.08. The highest BCUT2D eigenvalue weighted by Crippen LogP contribution is 2.30. The van der Waals surface area contributed by atoms with Gasteiger partial charge in [0.2, 0.25) is 23.6 Å². The number of nitrogens with one attached hydrogen (secondary N) is 2. The summed E-state index contributed by atoms with van der Waals surface area (Å²) in [5.41, 5.74) is 9.98. The van der Waals surface area contributed by atoms with E-state index in [4.69, 9.17) is 15.0 Å². The first-order valence-electron chi connectivity index (χ1n) is 20.4. The summed E-state index contributed by atoms with van der Waals surface area (Å²) in [6.45, 7) is 18.4. The Morgan fingerprint density at radius 2 is 1.59 bits per heavy atom. The lowest BCUT2D eigenvalue weighted by atomic mass is 9.89. The summed E-state index contributed by atoms with van der Waals surface area (Å²) in [4.78, 5) is 64.5. The Kier molecular flexibility index (Phi) is 20.3. The van der Waals surface area contributed by atoms with Crippen LogP contribution < -0.4 is 10.6 Å². The molecule has 0 bridgehead atoms. The van der Waals surface area contributed by atoms with Crippen molar-refractivity contribution >= 4 is 23.6 Å². The first-order valence-corrected chi connectivity index (χ1v) is 20.4. The molecule has 0 aliphatic carbocycles. The Bertz CT molecular complexity index is 1440. The third-order valence-electron chi connectivity index (χ3n) is 11.7. The molecular weight excluding hydrogens is 713 g/mol. The molecule has 1 saturated heterocycles. The van der Waals surface area contributed by atoms with E-state index in [1.54, 1.807) is 38.0 Å². The molecule has 56 heavy (non-hydrogen) atoms. The topological polar surface area (TPSA) is 169 Å². The molecule has 14 heteroatoms. The van der Waals surface area contributed by atoms with Crippen LogP contribution in [0.25, 0.3) is 10.4 Å². The van der Waals surface area contributed by atoms with Crippen LogP contribution in [0.1, 0.15) is 93.6 Å². The SMILES string of the molecule is CC[C@H](C)[C@@H]([C@@H](CC(=O)N1CCC[C@H]1[C@H](OC)[C@@H](C)C(=O)N[C@H](CN=[N+]=[N-])Cc1ccccc1)OC)N(C)C(=O)[C@@H](NC(=O)[C@H](C(C)C)N(C)C(C)C)C(C)C. The van der Waals surface area contributed by atoms with Gasteiger partial charge in [0.05, 0.1) is 42.7 Å². The highest BCUT2D eigenvalue weighted by molar-refractivity contribution is 5.90. The number of nitrogens with zero attached hydrogens (tertiary/aromatic N) is 6. The van der Waals surface area contributed by atoms with Crippen LogP contribution in [0.4, 0.5) is 0 Å². The molecule has 0 aromatic heterocycles. The molecule has 2 N–H and O–H groups in total. The van der Waals surface area contributed by atoms with Crippen molar-refractivity contribution in [1.82, 2.24) is 25.3 Å². The number of carbonyl (C=O) groups is 4. The van der Waals surface area contributed by atoms with Gasteiger partial charge in [-0.05, 0) is 69.0 Å². The quantitative estimate of drug-likeness (QED) is 0.0845. The lowest BCUT2D eigenvalue weighted by Gasteiger charge is -2.41. The number of hydrogen-bond acceptors (Lipinski definition) is 8. The number of rotatable bonds is 23. The number of methoxy groups -OCH3 is 2. The van der Waals surface area contributed by atoms with E-state index in [2.05, 4.69) is 20.7 Å². The van der Waals surface area contributed by atoms with Crippen LogP contribution in [0.3, 0.4) is 0 Å². The number of hydrogen-bond donors (Lipinski definition) is 2. The van der Waals surface area contributed by atoms with E-state index >= 15 is 0 Å². The minimum absolute atomic E-state index is 0.0231. The molecular formula is C42H72N8O6. The predicted molar refractivity (Wildman–Crippen MR) is 221 cm³/mol. The first kappa shape index (κ1) is 48.4. The summed E-state index contributed by atoms with van der Waals surface area (Å²) in [7, 11) is 6.79. The molecule has 2 rings (SSSR count). The van der Waals surface area contributed by atoms with E-state index in [1.807, 2.05) is 97.7 Å². The van der Waals surface area contributed by atoms with Crippen LogP contribution in [0.5, 0.6) is 0 Å². The smallest absolute Gasteiger partial charge is 0.245 e. The molecule has 1 aromatic carbocycles. The first-order chi connectivity index (χ1) is 26.4. The van der Waals surface area contributed by atoms with Gasteiger partial charge in [-0.2, -0.15) is 0 Å². The lowest BCUT2D eigenvalue weighted by molar-refractivity contribution is -0.148. The van der Waals surface area contributed by atoms with Gasteiger partial charge in [-0.15, -0.1) is 0 Å². The minimum atomic E-state index is -0.772. The maximum Gasteiger partial charge on any atom is 0.245 e. The second kappa shape index (κ2) is 23.5. The molecule has 14 nitrogen and oxygen atoms in total. The van der Waals surface area contributed by atoms with Gasteiger partial charge in [0, 0.05) is 51.4 Å². The molecule has 0 radical (unpaired) electrons. The minimum Gasteiger partial charge on any atom is -0.379 e. The zero-order valence-electron chi connectivity index (χ0n) is 36.4. The summed E-state index contributed by atoms with van der Waals surface area (Å²) in [5, 5.41) is 9.88. The van der Waals surface area contributed by atoms with Gasteiger partial charge in [-0.25, -0.2) is 0 Å². The Morgan fingerprint density at radius 1 is 0.946 bits per heavy atom. The maximum atomic E-state index is 14.4. The van der Waals surface area contributed by atoms with E-state index in [0.717, 1.165) is 18.4 Å². The number of likely N-dealkylation sites (tertiary alicyclic amines) is 1. The van der Waals surface area contributed by atoms with Gasteiger partial charge in [0.15, 0.2) is 0 Å². The van der Waals surface area contributed by atoms with Crippen LogP contribution in [0, 0.1) is 23.7 Å². The Labute approximate surface area is 336 Å². The van der Waals surface area contributed by atoms with Crippen LogP contribution >= 0.6 is 0 Å². The molecule has 0 spiro atoms. The molecule has 0 unspecified atom stereocenters. The second-order valence-electron chi connectivity index (χ2n) is 16.6. The van der Waals surface area contributed by atoms with Crippen molar-refractivity contribution in [1.29, 1.82) is 0 Å². The third-order valence-corrected chi connectivity index (χ3v) is 11.7. The number of azide groups is 1. The van der Waals surface area contributed by atoms with Crippen molar-refractivity contribution in [3.8, 4) is 0 Å². The summed E-state index contributed by atoms with van der Waals surface area (Å²) < 4.78 is 12.0. The molecule has 1 aliphatic heterocycles. The van der Waals surface area contributed by atoms with Crippen molar-refractivity contribution < 1.29 is 28.7 Å². The van der Waals surface area contributed by atoms with E-state index in [0.29, 0.717) is 19.4 Å². The molecule has 1 aliphatic rings. The lowest BCUT2D eigenvalue weighted by Crippen LogP contribution is -2.60. The van der Waals surface area contributed by atoms with Gasteiger partial charge in [0.1, 0.15) is 6.04 Å². The van der Waals surface area contributed by atoms with Crippen LogP contribution in [0.15, 0.2) is 35.4 Å². The number of amides is 4. The highest BCUT2D eigenvalue weighted by Gasteiger charge is 2.43. The summed E-state index contributed by atoms with van der Waals surface area (Å²) in [6, 6.07) is 7.42. The Morgan fingerprint density at radius 3 is 2.11 bits per heavy atom. The predicted octanol–water partition coefficient (Wildman–Crippen LogP) is 5.45. The van der Waals surface area contributed by atoms with Gasteiger partial charge in [0.25, 0.3) is 0 Å². The van der Waals surface area contributed by atoms with Gasteiger partial charge >= 0.3 is 0 Å². The van der Waals surface area contributed by atoms with Crippen LogP contribution in [-0.2, 0) is 35.1 Å². The number of benzene rings is 1. The summed E-state index contributed by atoms with van der Waals surface area (Å²) >= 11 is 0. The third kappa shape index (κ3) is 13.2. The molecule has 1 aromatic rings. The van der Waals surface area contributed by atoms with Crippen LogP contribution in [-0.4, -0.2) is 128 Å². The molecule has 1 fully saturated rings. The van der Waals surface area contributed by atoms with Gasteiger partial charge in [-0.1, -0.05) is 90.3 Å². The van der Waals surface area contributed by atoms with Gasteiger partial charge < -0.3 is 29.9 Å². The zero-order valence-corrected chi connectivity index (χ0v) is 36.4. The largest absolute Gasteiger partial charge is 0.379 e. The average Bonchev–Trinajstić information content (AvgIpc) is 3.65. The van der Waals surface area contributed by atoms with Crippen molar-refractivity contribution in [3.05, 3.63) is 46.3 Å². The summed E-state index contributed by atoms with van der Waals surface area (Å²) in [5.74, 6) is -1.60. The average molecular weight is 785 g/mol. The Hall–Kier alpha value is -3.71. The standard InChI is InChI=1S/C42H72N8O6/c1-14-29(8)38(49(11)42(54)36(26(2)3)46-41(53)37(27(4)5)48(10)28(6)7)34(55-12)24-35(51)50-22-18-21-33(50)39(56-13)30(9)40(52)45-32(25-44-47-43)23-31-19-16-15-17-20-31/h15-17,19-20,26-30,32-34,36-39H,14,18,21-25H2,1-13H3,(H,45,52)(H,46,53)/t29-,30+,32-,33-,34+,36-,37-,38-,39+/m0/s1. The monoisotopic (exact) mass is 785 g/mol. The van der Waals surface area contributed by atoms with E-state index in [1.165, 1.54) is 0 Å². The molecule has 0 saturated carbocycles.